The van der Waals surface area contributed by atoms with Gasteiger partial charge >= 0.3 is 26.5 Å². The average molecular weight is 533 g/mol. The standard InChI is InChI=1S/C24H21O6PS3/c25-22(19(32)16-10-4-1-5-11-16)28-31(29-23(26)20(33)17-12-6-2-7-13-17)30-24(27)21(34)18-14-8-3-9-15-18/h1-15,19-21,32-34H. The predicted octanol–water partition coefficient (Wildman–Crippen LogP) is 5.86. The molecular formula is C24H21O6PS3. The molecule has 0 spiro atoms. The fraction of sp³-hybridized carbons (Fsp3) is 0.125. The van der Waals surface area contributed by atoms with Crippen LogP contribution in [-0.2, 0) is 28.0 Å². The van der Waals surface area contributed by atoms with Crippen LogP contribution in [0.2, 0.25) is 0 Å². The van der Waals surface area contributed by atoms with E-state index < -0.39 is 42.3 Å². The van der Waals surface area contributed by atoms with Crippen molar-refractivity contribution < 1.29 is 28.0 Å². The quantitative estimate of drug-likeness (QED) is 0.237. The Morgan fingerprint density at radius 1 is 0.500 bits per heavy atom. The van der Waals surface area contributed by atoms with E-state index in [0.29, 0.717) is 16.7 Å². The van der Waals surface area contributed by atoms with Crippen molar-refractivity contribution in [1.82, 2.24) is 0 Å². The Balaban J connectivity index is 1.75. The van der Waals surface area contributed by atoms with Gasteiger partial charge in [-0.25, -0.2) is 0 Å². The van der Waals surface area contributed by atoms with Crippen molar-refractivity contribution in [2.45, 2.75) is 15.7 Å². The van der Waals surface area contributed by atoms with E-state index in [2.05, 4.69) is 37.9 Å². The second-order valence-electron chi connectivity index (χ2n) is 6.89. The molecule has 0 saturated heterocycles. The zero-order chi connectivity index (χ0) is 24.5. The van der Waals surface area contributed by atoms with Crippen molar-refractivity contribution in [3.63, 3.8) is 0 Å². The highest BCUT2D eigenvalue weighted by Crippen LogP contribution is 2.45. The van der Waals surface area contributed by atoms with Crippen LogP contribution in [0.3, 0.4) is 0 Å². The van der Waals surface area contributed by atoms with Gasteiger partial charge in [0.05, 0.1) is 0 Å². The Kier molecular flexibility index (Phi) is 9.89. The van der Waals surface area contributed by atoms with Gasteiger partial charge in [0.25, 0.3) is 0 Å². The maximum Gasteiger partial charge on any atom is 0.537 e. The third-order valence-corrected chi connectivity index (χ3v) is 7.02. The Morgan fingerprint density at radius 2 is 0.735 bits per heavy atom. The van der Waals surface area contributed by atoms with Crippen LogP contribution in [0.1, 0.15) is 32.4 Å². The van der Waals surface area contributed by atoms with Crippen LogP contribution >= 0.6 is 46.5 Å². The number of hydrogen-bond donors (Lipinski definition) is 3. The van der Waals surface area contributed by atoms with Gasteiger partial charge in [-0.1, -0.05) is 91.0 Å². The molecule has 0 bridgehead atoms. The lowest BCUT2D eigenvalue weighted by atomic mass is 10.1. The monoisotopic (exact) mass is 532 g/mol. The van der Waals surface area contributed by atoms with E-state index in [1.807, 2.05) is 0 Å². The van der Waals surface area contributed by atoms with Crippen LogP contribution < -0.4 is 0 Å². The summed E-state index contributed by atoms with van der Waals surface area (Å²) in [5.41, 5.74) is 1.70. The van der Waals surface area contributed by atoms with Gasteiger partial charge in [-0.05, 0) is 16.7 Å². The smallest absolute Gasteiger partial charge is 0.374 e. The molecule has 0 fully saturated rings. The topological polar surface area (TPSA) is 78.9 Å². The molecule has 0 aliphatic carbocycles. The predicted molar refractivity (Wildman–Crippen MR) is 140 cm³/mol. The van der Waals surface area contributed by atoms with Gasteiger partial charge in [-0.3, -0.25) is 14.4 Å². The zero-order valence-corrected chi connectivity index (χ0v) is 21.2. The zero-order valence-electron chi connectivity index (χ0n) is 17.6. The van der Waals surface area contributed by atoms with E-state index in [1.54, 1.807) is 91.0 Å². The molecule has 3 unspecified atom stereocenters. The Labute approximate surface area is 215 Å². The Hall–Kier alpha value is -2.45. The number of carbonyl (C=O) groups is 3. The fourth-order valence-corrected chi connectivity index (χ4v) is 4.53. The molecule has 0 saturated carbocycles. The first-order valence-electron chi connectivity index (χ1n) is 10.0. The van der Waals surface area contributed by atoms with Gasteiger partial charge in [0.1, 0.15) is 15.7 Å². The molecule has 0 aliphatic rings. The molecule has 6 nitrogen and oxygen atoms in total. The summed E-state index contributed by atoms with van der Waals surface area (Å²) in [4.78, 5) is 38.1. The van der Waals surface area contributed by atoms with Crippen molar-refractivity contribution >= 4 is 64.4 Å². The lowest BCUT2D eigenvalue weighted by Gasteiger charge is -2.20. The van der Waals surface area contributed by atoms with Crippen molar-refractivity contribution in [1.29, 1.82) is 0 Å². The highest BCUT2D eigenvalue weighted by molar-refractivity contribution is 7.81. The van der Waals surface area contributed by atoms with Crippen molar-refractivity contribution in [3.05, 3.63) is 108 Å². The molecule has 0 aliphatic heterocycles. The molecular weight excluding hydrogens is 511 g/mol. The second kappa shape index (κ2) is 12.9. The minimum absolute atomic E-state index is 0.566. The molecule has 0 N–H and O–H groups in total. The minimum atomic E-state index is -2.74. The van der Waals surface area contributed by atoms with Crippen molar-refractivity contribution in [2.75, 3.05) is 0 Å². The third kappa shape index (κ3) is 7.27. The molecule has 3 atom stereocenters. The first-order valence-corrected chi connectivity index (χ1v) is 12.7. The second-order valence-corrected chi connectivity index (χ2v) is 9.44. The van der Waals surface area contributed by atoms with E-state index in [1.165, 1.54) is 0 Å². The highest BCUT2D eigenvalue weighted by atomic mass is 32.1. The number of carbonyl (C=O) groups excluding carboxylic acids is 3. The summed E-state index contributed by atoms with van der Waals surface area (Å²) in [6, 6.07) is 26.0. The molecule has 0 heterocycles. The summed E-state index contributed by atoms with van der Waals surface area (Å²) in [6.45, 7) is 0. The van der Waals surface area contributed by atoms with Crippen molar-refractivity contribution in [3.8, 4) is 0 Å². The van der Waals surface area contributed by atoms with Gasteiger partial charge in [0.2, 0.25) is 0 Å². The largest absolute Gasteiger partial charge is 0.537 e. The first-order chi connectivity index (χ1) is 16.4. The summed E-state index contributed by atoms with van der Waals surface area (Å²) in [5, 5.41) is -2.94. The molecule has 0 amide bonds. The molecule has 176 valence electrons. The van der Waals surface area contributed by atoms with Crippen LogP contribution in [0.4, 0.5) is 0 Å². The van der Waals surface area contributed by atoms with Gasteiger partial charge in [-0.15, -0.1) is 0 Å². The minimum Gasteiger partial charge on any atom is -0.374 e. The number of thiol groups is 3. The molecule has 3 aromatic rings. The number of hydrogen-bond acceptors (Lipinski definition) is 9. The van der Waals surface area contributed by atoms with Gasteiger partial charge in [0, 0.05) is 0 Å². The van der Waals surface area contributed by atoms with Gasteiger partial charge in [0.15, 0.2) is 0 Å². The van der Waals surface area contributed by atoms with Crippen molar-refractivity contribution in [2.24, 2.45) is 0 Å². The lowest BCUT2D eigenvalue weighted by Crippen LogP contribution is -2.17. The number of benzene rings is 3. The molecule has 0 aromatic heterocycles. The van der Waals surface area contributed by atoms with E-state index in [4.69, 9.17) is 13.6 Å². The molecule has 10 heteroatoms. The van der Waals surface area contributed by atoms with E-state index in [9.17, 15) is 14.4 Å². The highest BCUT2D eigenvalue weighted by Gasteiger charge is 2.34. The van der Waals surface area contributed by atoms with Crippen LogP contribution in [0.15, 0.2) is 91.0 Å². The summed E-state index contributed by atoms with van der Waals surface area (Å²) >= 11 is 12.9. The third-order valence-electron chi connectivity index (χ3n) is 4.51. The maximum atomic E-state index is 12.7. The van der Waals surface area contributed by atoms with Crippen LogP contribution in [0.25, 0.3) is 0 Å². The SMILES string of the molecule is O=C(OP(OC(=O)C(S)c1ccccc1)OC(=O)C(S)c1ccccc1)C(S)c1ccccc1. The Morgan fingerprint density at radius 3 is 0.971 bits per heavy atom. The molecule has 0 radical (unpaired) electrons. The van der Waals surface area contributed by atoms with E-state index in [0.717, 1.165) is 0 Å². The molecule has 34 heavy (non-hydrogen) atoms. The van der Waals surface area contributed by atoms with Gasteiger partial charge in [-0.2, -0.15) is 37.9 Å². The summed E-state index contributed by atoms with van der Waals surface area (Å²) in [6.07, 6.45) is 0. The summed E-state index contributed by atoms with van der Waals surface area (Å²) in [5.74, 6) is -2.52. The lowest BCUT2D eigenvalue weighted by molar-refractivity contribution is -0.141. The Bertz CT molecular complexity index is 960. The normalized spacial score (nSPS) is 14.2. The van der Waals surface area contributed by atoms with Crippen LogP contribution in [-0.4, -0.2) is 17.9 Å². The fourth-order valence-electron chi connectivity index (χ4n) is 2.74. The van der Waals surface area contributed by atoms with Crippen LogP contribution in [0, 0.1) is 0 Å². The summed E-state index contributed by atoms with van der Waals surface area (Å²) < 4.78 is 15.8. The molecule has 3 rings (SSSR count). The first kappa shape index (κ1) is 26.2. The number of rotatable bonds is 9. The van der Waals surface area contributed by atoms with E-state index >= 15 is 0 Å². The average Bonchev–Trinajstić information content (AvgIpc) is 2.88. The van der Waals surface area contributed by atoms with Crippen LogP contribution in [0.5, 0.6) is 0 Å². The van der Waals surface area contributed by atoms with E-state index in [-0.39, 0.29) is 0 Å². The molecule has 3 aromatic carbocycles. The maximum absolute atomic E-state index is 12.7. The van der Waals surface area contributed by atoms with Gasteiger partial charge < -0.3 is 13.6 Å². The summed E-state index contributed by atoms with van der Waals surface area (Å²) in [7, 11) is -2.74.